The van der Waals surface area contributed by atoms with E-state index in [9.17, 15) is 81.9 Å². The first-order chi connectivity index (χ1) is 52.1. The predicted octanol–water partition coefficient (Wildman–Crippen LogP) is 12.2. The molecule has 0 fully saturated rings. The molecule has 0 saturated carbocycles. The summed E-state index contributed by atoms with van der Waals surface area (Å²) in [5.41, 5.74) is 5.25. The highest BCUT2D eigenvalue weighted by Gasteiger charge is 2.25. The summed E-state index contributed by atoms with van der Waals surface area (Å²) < 4.78 is 149. The van der Waals surface area contributed by atoms with E-state index < -0.39 is 85.0 Å². The second-order valence-corrected chi connectivity index (χ2v) is 33.8. The fourth-order valence-corrected chi connectivity index (χ4v) is 15.9. The SMILES string of the molecule is O=C(CN(C(=S)Nc1ccc(/C=C/c2ccc(NC(=S)NCCOCCNC(=S)Nc3ccc(/C=C/c4ccc(NC(=S)N(CC(=O)N/N=C/c5cc(Br)c(O)c(Br)c5O)c5ccc(Cl)cc5)cc4S(=O)(=O)O)c(S(=O)(=O)O)c3)cc2S(=O)(=O)O)c(S(=O)(=O)O)c1)c1ccc(Cl)cc1)N/N=C/c1cc(Br)c(O)c(Br)c1O. The Balaban J connectivity index is 0.820. The number of ether oxygens (including phenoxy) is 1. The zero-order valence-corrected chi connectivity index (χ0v) is 70.2. The summed E-state index contributed by atoms with van der Waals surface area (Å²) in [5.74, 6) is -2.69. The van der Waals surface area contributed by atoms with Gasteiger partial charge in [-0.1, -0.05) is 71.8 Å². The Morgan fingerprint density at radius 3 is 1.00 bits per heavy atom. The van der Waals surface area contributed by atoms with Crippen molar-refractivity contribution in [1.82, 2.24) is 21.5 Å². The van der Waals surface area contributed by atoms with Gasteiger partial charge in [0.2, 0.25) is 0 Å². The van der Waals surface area contributed by atoms with E-state index in [0.717, 1.165) is 36.7 Å². The van der Waals surface area contributed by atoms with E-state index in [1.54, 1.807) is 24.3 Å². The molecule has 0 radical (unpaired) electrons. The van der Waals surface area contributed by atoms with Crippen LogP contribution in [0.15, 0.2) is 181 Å². The van der Waals surface area contributed by atoms with Crippen LogP contribution < -0.4 is 52.6 Å². The highest BCUT2D eigenvalue weighted by atomic mass is 79.9. The van der Waals surface area contributed by atoms with Crippen molar-refractivity contribution in [2.24, 2.45) is 10.2 Å². The summed E-state index contributed by atoms with van der Waals surface area (Å²) in [4.78, 5) is 26.5. The third-order valence-electron chi connectivity index (χ3n) is 14.7. The van der Waals surface area contributed by atoms with E-state index in [1.807, 2.05) is 0 Å². The van der Waals surface area contributed by atoms with Crippen molar-refractivity contribution in [1.29, 1.82) is 0 Å². The molecule has 0 heterocycles. The Labute approximate surface area is 698 Å². The molecule has 31 nitrogen and oxygen atoms in total. The van der Waals surface area contributed by atoms with Crippen LogP contribution >= 0.6 is 136 Å². The molecule has 111 heavy (non-hydrogen) atoms. The first-order valence-electron chi connectivity index (χ1n) is 30.8. The second kappa shape index (κ2) is 38.9. The molecule has 0 aromatic heterocycles. The zero-order chi connectivity index (χ0) is 81.4. The molecule has 0 saturated heterocycles. The maximum absolute atomic E-state index is 13.2. The number of benzene rings is 8. The molecule has 2 amide bonds. The summed E-state index contributed by atoms with van der Waals surface area (Å²) in [5, 5.41) is 66.0. The molecule has 0 bridgehead atoms. The number of phenols is 4. The number of carbonyl (C=O) groups is 2. The van der Waals surface area contributed by atoms with Crippen LogP contribution in [0.2, 0.25) is 10.0 Å². The van der Waals surface area contributed by atoms with E-state index in [-0.39, 0.29) is 144 Å². The van der Waals surface area contributed by atoms with Crippen molar-refractivity contribution in [3.8, 4) is 23.0 Å². The van der Waals surface area contributed by atoms with Crippen LogP contribution in [0.4, 0.5) is 34.1 Å². The summed E-state index contributed by atoms with van der Waals surface area (Å²) in [7, 11) is -19.9. The van der Waals surface area contributed by atoms with Gasteiger partial charge < -0.3 is 66.9 Å². The highest BCUT2D eigenvalue weighted by Crippen LogP contribution is 2.42. The third-order valence-corrected chi connectivity index (χ3v) is 22.7. The second-order valence-electron chi connectivity index (χ2n) is 22.4. The summed E-state index contributed by atoms with van der Waals surface area (Å²) >= 11 is 46.7. The lowest BCUT2D eigenvalue weighted by atomic mass is 10.1. The summed E-state index contributed by atoms with van der Waals surface area (Å²) in [6.07, 6.45) is 6.91. The van der Waals surface area contributed by atoms with Crippen molar-refractivity contribution in [3.63, 3.8) is 0 Å². The lowest BCUT2D eigenvalue weighted by molar-refractivity contribution is -0.120. The topological polar surface area (TPSA) is 469 Å². The number of rotatable bonds is 28. The standard InChI is InChI=1S/C66H56Br4Cl2N12O19S8/c67-49-25-39(59(87)57(69)61(49)89)31-75-81-55(85)33-83(47-17-9-41(71)10-18-47)65(106)79-45-15-7-37(53(29-45)110(97,98)99)3-1-35-5-13-43(27-51(35)108(91,92)93)77-63(104)73-21-23-103-24-22-74-64(105)78-44-14-6-36(52(28-44)109(94,95)96)2-4-38-8-16-46(30-54(38)111(100,101)102)80-66(107)84(48-19-11-42(72)12-20-48)34-56(86)82-76-32-40-26-50(68)62(90)58(70)60(40)88/h1-20,25-32,87-90H,21-24,33-34H2,(H,79,106)(H,80,107)(H,81,85)(H,82,86)(H2,73,77,104)(H2,74,78,105)(H,91,92,93)(H,94,95,96)(H,97,98,99)(H,100,101,102)/b3-1+,4-2+,75-31+,76-32+. The summed E-state index contributed by atoms with van der Waals surface area (Å²) in [6.45, 7) is -0.585. The molecule has 0 aliphatic rings. The number of phenolic OH excluding ortho intramolecular Hbond substituents is 4. The van der Waals surface area contributed by atoms with Gasteiger partial charge in [-0.05, 0) is 244 Å². The molecule has 0 unspecified atom stereocenters. The number of hydrogen-bond donors (Lipinski definition) is 16. The maximum Gasteiger partial charge on any atom is 0.295 e. The van der Waals surface area contributed by atoms with Crippen LogP contribution in [-0.2, 0) is 54.8 Å². The van der Waals surface area contributed by atoms with Gasteiger partial charge in [-0.25, -0.2) is 10.9 Å². The number of nitrogens with one attached hydrogen (secondary N) is 8. The summed E-state index contributed by atoms with van der Waals surface area (Å²) in [6, 6.07) is 29.8. The molecule has 0 aliphatic carbocycles. The molecule has 0 aliphatic heterocycles. The lowest BCUT2D eigenvalue weighted by Gasteiger charge is -2.25. The van der Waals surface area contributed by atoms with Crippen LogP contribution in [0.25, 0.3) is 24.3 Å². The van der Waals surface area contributed by atoms with Gasteiger partial charge >= 0.3 is 0 Å². The number of nitrogens with zero attached hydrogens (tertiary/aromatic N) is 4. The Hall–Kier alpha value is -8.42. The van der Waals surface area contributed by atoms with Gasteiger partial charge in [0, 0.05) is 68.4 Å². The molecule has 16 N–H and O–H groups in total. The molecule has 45 heteroatoms. The minimum atomic E-state index is -5.01. The molecule has 0 atom stereocenters. The quantitative estimate of drug-likeness (QED) is 0.00541. The Kier molecular flexibility index (Phi) is 30.9. The van der Waals surface area contributed by atoms with Crippen LogP contribution in [0, 0.1) is 0 Å². The fraction of sp³-hybridized carbons (Fsp3) is 0.0909. The van der Waals surface area contributed by atoms with E-state index in [2.05, 4.69) is 117 Å². The van der Waals surface area contributed by atoms with Crippen molar-refractivity contribution in [3.05, 3.63) is 195 Å². The van der Waals surface area contributed by atoms with Crippen LogP contribution in [0.1, 0.15) is 33.4 Å². The lowest BCUT2D eigenvalue weighted by Crippen LogP contribution is -2.41. The largest absolute Gasteiger partial charge is 0.506 e. The number of thiocarbonyl (C=S) groups is 4. The van der Waals surface area contributed by atoms with Gasteiger partial charge in [-0.2, -0.15) is 43.9 Å². The molecule has 8 aromatic rings. The van der Waals surface area contributed by atoms with E-state index in [4.69, 9.17) is 76.8 Å². The minimum Gasteiger partial charge on any atom is -0.506 e. The molecular formula is C66H56Br4Cl2N12O19S8. The van der Waals surface area contributed by atoms with Crippen LogP contribution in [0.3, 0.4) is 0 Å². The monoisotopic (exact) mass is 1960 g/mol. The van der Waals surface area contributed by atoms with E-state index in [1.165, 1.54) is 119 Å². The number of carbonyl (C=O) groups excluding carboxylic acids is 2. The number of hydrazone groups is 2. The zero-order valence-electron chi connectivity index (χ0n) is 55.8. The van der Waals surface area contributed by atoms with Gasteiger partial charge in [-0.3, -0.25) is 27.8 Å². The number of hydrogen-bond acceptors (Lipinski definition) is 21. The van der Waals surface area contributed by atoms with Crippen molar-refractivity contribution in [2.45, 2.75) is 19.6 Å². The normalized spacial score (nSPS) is 11.9. The van der Waals surface area contributed by atoms with Gasteiger partial charge in [-0.15, -0.1) is 0 Å². The minimum absolute atomic E-state index is 0.000850. The molecule has 0 spiro atoms. The Morgan fingerprint density at radius 1 is 0.423 bits per heavy atom. The van der Waals surface area contributed by atoms with Crippen molar-refractivity contribution < 1.29 is 86.6 Å². The van der Waals surface area contributed by atoms with Gasteiger partial charge in [0.15, 0.2) is 20.4 Å². The molecule has 8 aromatic carbocycles. The fourth-order valence-electron chi connectivity index (χ4n) is 9.50. The van der Waals surface area contributed by atoms with Gasteiger partial charge in [0.25, 0.3) is 52.3 Å². The average Bonchev–Trinajstić information content (AvgIpc) is 0.809. The molecular weight excluding hydrogens is 1910 g/mol. The van der Waals surface area contributed by atoms with Crippen LogP contribution in [-0.4, -0.2) is 156 Å². The van der Waals surface area contributed by atoms with Crippen LogP contribution in [0.5, 0.6) is 23.0 Å². The molecule has 8 rings (SSSR count). The number of halogens is 6. The van der Waals surface area contributed by atoms with E-state index in [0.29, 0.717) is 21.4 Å². The first-order valence-corrected chi connectivity index (χ1v) is 42.1. The third kappa shape index (κ3) is 25.3. The number of anilines is 6. The van der Waals surface area contributed by atoms with Crippen molar-refractivity contribution in [2.75, 3.05) is 70.5 Å². The van der Waals surface area contributed by atoms with Gasteiger partial charge in [0.05, 0.1) is 34.6 Å². The maximum atomic E-state index is 13.2. The Morgan fingerprint density at radius 2 is 0.712 bits per heavy atom. The Bertz CT molecular complexity index is 5270. The van der Waals surface area contributed by atoms with Crippen molar-refractivity contribution >= 4 is 279 Å². The highest BCUT2D eigenvalue weighted by molar-refractivity contribution is 9.11. The number of amides is 2. The van der Waals surface area contributed by atoms with Gasteiger partial charge in [0.1, 0.15) is 64.6 Å². The average molecular weight is 1970 g/mol. The predicted molar refractivity (Wildman–Crippen MR) is 454 cm³/mol. The number of aromatic hydroxyl groups is 4. The molecule has 584 valence electrons. The first kappa shape index (κ1) is 88.1. The van der Waals surface area contributed by atoms with E-state index >= 15 is 0 Å². The smallest absolute Gasteiger partial charge is 0.295 e.